The van der Waals surface area contributed by atoms with Crippen LogP contribution in [0.3, 0.4) is 0 Å². The molecule has 0 aliphatic heterocycles. The van der Waals surface area contributed by atoms with E-state index in [9.17, 15) is 4.79 Å². The molecule has 0 aliphatic carbocycles. The van der Waals surface area contributed by atoms with Crippen LogP contribution in [-0.2, 0) is 0 Å². The molecule has 0 heterocycles. The minimum atomic E-state index is -0.487. The van der Waals surface area contributed by atoms with Crippen LogP contribution in [0.1, 0.15) is 27.0 Å². The molecule has 2 N–H and O–H groups in total. The number of ether oxygens (including phenoxy) is 1. The van der Waals surface area contributed by atoms with E-state index in [0.29, 0.717) is 16.9 Å². The molecule has 4 heteroatoms. The molecular weight excluding hydrogens is 264 g/mol. The van der Waals surface area contributed by atoms with Crippen molar-refractivity contribution < 1.29 is 9.53 Å². The summed E-state index contributed by atoms with van der Waals surface area (Å²) in [6.45, 7) is 0. The van der Waals surface area contributed by atoms with Crippen molar-refractivity contribution >= 4 is 18.1 Å². The summed E-state index contributed by atoms with van der Waals surface area (Å²) in [5, 5.41) is 8.88. The number of carbonyl (C=O) groups is 1. The van der Waals surface area contributed by atoms with E-state index in [2.05, 4.69) is 6.07 Å². The van der Waals surface area contributed by atoms with Crippen LogP contribution < -0.4 is 10.5 Å². The van der Waals surface area contributed by atoms with Gasteiger partial charge in [0.25, 0.3) is 0 Å². The molecule has 0 aromatic heterocycles. The van der Waals surface area contributed by atoms with Gasteiger partial charge in [0.15, 0.2) is 0 Å². The monoisotopic (exact) mass is 278 g/mol. The van der Waals surface area contributed by atoms with E-state index in [1.165, 1.54) is 0 Å². The van der Waals surface area contributed by atoms with Gasteiger partial charge >= 0.3 is 0 Å². The van der Waals surface area contributed by atoms with Crippen LogP contribution in [-0.4, -0.2) is 13.0 Å². The lowest BCUT2D eigenvalue weighted by molar-refractivity contribution is 0.1000. The highest BCUT2D eigenvalue weighted by atomic mass is 16.5. The fourth-order valence-corrected chi connectivity index (χ4v) is 1.92. The Kier molecular flexibility index (Phi) is 4.37. The molecule has 0 atom stereocenters. The molecule has 0 fully saturated rings. The summed E-state index contributed by atoms with van der Waals surface area (Å²) >= 11 is 0. The van der Waals surface area contributed by atoms with E-state index in [1.54, 1.807) is 37.4 Å². The first-order valence-electron chi connectivity index (χ1n) is 6.30. The number of nitriles is 1. The van der Waals surface area contributed by atoms with E-state index >= 15 is 0 Å². The lowest BCUT2D eigenvalue weighted by atomic mass is 10.1. The molecular formula is C17H14N2O2. The van der Waals surface area contributed by atoms with Gasteiger partial charge in [0.2, 0.25) is 5.91 Å². The van der Waals surface area contributed by atoms with Gasteiger partial charge in [-0.3, -0.25) is 4.79 Å². The van der Waals surface area contributed by atoms with Gasteiger partial charge in [-0.1, -0.05) is 24.3 Å². The lowest BCUT2D eigenvalue weighted by Crippen LogP contribution is -2.10. The van der Waals surface area contributed by atoms with Crippen LogP contribution in [0, 0.1) is 11.3 Å². The largest absolute Gasteiger partial charge is 0.496 e. The first-order chi connectivity index (χ1) is 10.1. The fraction of sp³-hybridized carbons (Fsp3) is 0.0588. The van der Waals surface area contributed by atoms with Crippen molar-refractivity contribution in [2.75, 3.05) is 7.11 Å². The van der Waals surface area contributed by atoms with E-state index in [1.807, 2.05) is 24.3 Å². The Morgan fingerprint density at radius 1 is 1.24 bits per heavy atom. The Labute approximate surface area is 123 Å². The summed E-state index contributed by atoms with van der Waals surface area (Å²) in [5.74, 6) is 0.159. The molecule has 2 rings (SSSR count). The SMILES string of the molecule is COc1ccc(C(N)=O)cc1/C=C/c1cccc(C#N)c1. The molecule has 0 aliphatic rings. The molecule has 0 radical (unpaired) electrons. The van der Waals surface area contributed by atoms with Crippen LogP contribution >= 0.6 is 0 Å². The number of hydrogen-bond donors (Lipinski definition) is 1. The van der Waals surface area contributed by atoms with Gasteiger partial charge in [0, 0.05) is 11.1 Å². The molecule has 4 nitrogen and oxygen atoms in total. The standard InChI is InChI=1S/C17H14N2O2/c1-21-16-8-7-15(17(19)20)10-14(16)6-5-12-3-2-4-13(9-12)11-18/h2-10H,1H3,(H2,19,20)/b6-5+. The first-order valence-corrected chi connectivity index (χ1v) is 6.30. The average Bonchev–Trinajstić information content (AvgIpc) is 2.52. The van der Waals surface area contributed by atoms with Crippen LogP contribution in [0.2, 0.25) is 0 Å². The lowest BCUT2D eigenvalue weighted by Gasteiger charge is -2.06. The Morgan fingerprint density at radius 2 is 2.05 bits per heavy atom. The van der Waals surface area contributed by atoms with Crippen molar-refractivity contribution in [1.82, 2.24) is 0 Å². The number of primary amides is 1. The molecule has 0 bridgehead atoms. The third-order valence-electron chi connectivity index (χ3n) is 2.99. The summed E-state index contributed by atoms with van der Waals surface area (Å²) in [5.41, 5.74) is 7.93. The quantitative estimate of drug-likeness (QED) is 0.874. The van der Waals surface area contributed by atoms with Crippen LogP contribution in [0.15, 0.2) is 42.5 Å². The third kappa shape index (κ3) is 3.48. The van der Waals surface area contributed by atoms with Gasteiger partial charge in [0.05, 0.1) is 18.7 Å². The highest BCUT2D eigenvalue weighted by molar-refractivity contribution is 5.94. The maximum absolute atomic E-state index is 11.2. The number of amides is 1. The molecule has 0 spiro atoms. The second kappa shape index (κ2) is 6.40. The number of rotatable bonds is 4. The van der Waals surface area contributed by atoms with Crippen molar-refractivity contribution in [3.63, 3.8) is 0 Å². The number of carbonyl (C=O) groups excluding carboxylic acids is 1. The molecule has 0 saturated heterocycles. The zero-order chi connectivity index (χ0) is 15.2. The Bertz CT molecular complexity index is 743. The molecule has 1 amide bonds. The minimum absolute atomic E-state index is 0.418. The van der Waals surface area contributed by atoms with Gasteiger partial charge in [-0.25, -0.2) is 0 Å². The van der Waals surface area contributed by atoms with Gasteiger partial charge in [-0.2, -0.15) is 5.26 Å². The predicted octanol–water partition coefficient (Wildman–Crippen LogP) is 2.84. The predicted molar refractivity (Wildman–Crippen MR) is 81.6 cm³/mol. The molecule has 2 aromatic rings. The topological polar surface area (TPSA) is 76.1 Å². The maximum atomic E-state index is 11.2. The summed E-state index contributed by atoms with van der Waals surface area (Å²) < 4.78 is 5.26. The summed E-state index contributed by atoms with van der Waals surface area (Å²) in [4.78, 5) is 11.2. The zero-order valence-corrected chi connectivity index (χ0v) is 11.5. The summed E-state index contributed by atoms with van der Waals surface area (Å²) in [6, 6.07) is 14.3. The number of methoxy groups -OCH3 is 1. The van der Waals surface area contributed by atoms with Crippen molar-refractivity contribution in [2.24, 2.45) is 5.73 Å². The van der Waals surface area contributed by atoms with Gasteiger partial charge in [-0.15, -0.1) is 0 Å². The molecule has 0 unspecified atom stereocenters. The third-order valence-corrected chi connectivity index (χ3v) is 2.99. The first kappa shape index (κ1) is 14.4. The zero-order valence-electron chi connectivity index (χ0n) is 11.5. The molecule has 0 saturated carbocycles. The Hall–Kier alpha value is -3.06. The van der Waals surface area contributed by atoms with Gasteiger partial charge in [-0.05, 0) is 35.9 Å². The fourth-order valence-electron chi connectivity index (χ4n) is 1.92. The average molecular weight is 278 g/mol. The summed E-state index contributed by atoms with van der Waals surface area (Å²) in [6.07, 6.45) is 3.67. The van der Waals surface area contributed by atoms with E-state index < -0.39 is 5.91 Å². The van der Waals surface area contributed by atoms with E-state index in [0.717, 1.165) is 11.1 Å². The Morgan fingerprint density at radius 3 is 2.71 bits per heavy atom. The molecule has 104 valence electrons. The highest BCUT2D eigenvalue weighted by Gasteiger charge is 2.05. The van der Waals surface area contributed by atoms with Gasteiger partial charge < -0.3 is 10.5 Å². The van der Waals surface area contributed by atoms with Crippen LogP contribution in [0.4, 0.5) is 0 Å². The van der Waals surface area contributed by atoms with Crippen LogP contribution in [0.25, 0.3) is 12.2 Å². The number of nitrogens with zero attached hydrogens (tertiary/aromatic N) is 1. The number of benzene rings is 2. The smallest absolute Gasteiger partial charge is 0.248 e. The van der Waals surface area contributed by atoms with Gasteiger partial charge in [0.1, 0.15) is 5.75 Å². The second-order valence-electron chi connectivity index (χ2n) is 4.39. The molecule has 2 aromatic carbocycles. The highest BCUT2D eigenvalue weighted by Crippen LogP contribution is 2.22. The van der Waals surface area contributed by atoms with Crippen LogP contribution in [0.5, 0.6) is 5.75 Å². The van der Waals surface area contributed by atoms with Crippen molar-refractivity contribution in [3.05, 3.63) is 64.7 Å². The summed E-state index contributed by atoms with van der Waals surface area (Å²) in [7, 11) is 1.56. The minimum Gasteiger partial charge on any atom is -0.496 e. The maximum Gasteiger partial charge on any atom is 0.248 e. The number of hydrogen-bond acceptors (Lipinski definition) is 3. The van der Waals surface area contributed by atoms with Crippen molar-refractivity contribution in [1.29, 1.82) is 5.26 Å². The van der Waals surface area contributed by atoms with E-state index in [-0.39, 0.29) is 0 Å². The van der Waals surface area contributed by atoms with Crippen molar-refractivity contribution in [2.45, 2.75) is 0 Å². The molecule has 21 heavy (non-hydrogen) atoms. The number of nitrogens with two attached hydrogens (primary N) is 1. The second-order valence-corrected chi connectivity index (χ2v) is 4.39. The normalized spacial score (nSPS) is 10.3. The Balaban J connectivity index is 2.37. The van der Waals surface area contributed by atoms with E-state index in [4.69, 9.17) is 15.7 Å². The van der Waals surface area contributed by atoms with Crippen molar-refractivity contribution in [3.8, 4) is 11.8 Å².